The number of hydrogen-bond acceptors (Lipinski definition) is 6. The Morgan fingerprint density at radius 2 is 1.77 bits per heavy atom. The maximum Gasteiger partial charge on any atom is 0.273 e. The van der Waals surface area contributed by atoms with Gasteiger partial charge in [-0.05, 0) is 37.3 Å². The van der Waals surface area contributed by atoms with Crippen molar-refractivity contribution in [3.05, 3.63) is 58.1 Å². The van der Waals surface area contributed by atoms with Crippen molar-refractivity contribution in [2.45, 2.75) is 11.8 Å². The highest BCUT2D eigenvalue weighted by Gasteiger charge is 2.29. The molecule has 0 spiro atoms. The molecule has 1 aliphatic rings. The molecule has 1 N–H and O–H groups in total. The molecule has 2 aromatic carbocycles. The van der Waals surface area contributed by atoms with Gasteiger partial charge in [-0.3, -0.25) is 10.1 Å². The van der Waals surface area contributed by atoms with Crippen molar-refractivity contribution in [1.82, 2.24) is 9.21 Å². The molecule has 9 nitrogen and oxygen atoms in total. The molecule has 0 saturated carbocycles. The molecule has 1 heterocycles. The number of non-ortho nitro benzene ring substituents is 1. The number of anilines is 1. The summed E-state index contributed by atoms with van der Waals surface area (Å²) in [5, 5.41) is 14.4. The lowest BCUT2D eigenvalue weighted by Crippen LogP contribution is -2.51. The van der Waals surface area contributed by atoms with E-state index in [9.17, 15) is 18.5 Å². The molecule has 0 bridgehead atoms. The fourth-order valence-electron chi connectivity index (χ4n) is 3.08. The maximum atomic E-state index is 12.8. The lowest BCUT2D eigenvalue weighted by Gasteiger charge is -2.35. The number of thiocarbonyl (C=S) groups is 1. The smallest absolute Gasteiger partial charge is 0.273 e. The normalized spacial score (nSPS) is 14.9. The summed E-state index contributed by atoms with van der Waals surface area (Å²) in [7, 11) is -2.13. The largest absolute Gasteiger partial charge is 0.494 e. The molecule has 1 fully saturated rings. The van der Waals surface area contributed by atoms with Crippen molar-refractivity contribution in [3.8, 4) is 5.75 Å². The first-order valence-electron chi connectivity index (χ1n) is 9.17. The van der Waals surface area contributed by atoms with Gasteiger partial charge in [0.2, 0.25) is 10.0 Å². The van der Waals surface area contributed by atoms with Gasteiger partial charge in [0.25, 0.3) is 5.69 Å². The maximum absolute atomic E-state index is 12.8. The average Bonchev–Trinajstić information content (AvgIpc) is 2.74. The Hall–Kier alpha value is -2.76. The first-order valence-corrected chi connectivity index (χ1v) is 11.0. The number of hydrogen-bond donors (Lipinski definition) is 1. The van der Waals surface area contributed by atoms with Crippen molar-refractivity contribution >= 4 is 38.7 Å². The summed E-state index contributed by atoms with van der Waals surface area (Å²) >= 11 is 5.45. The highest BCUT2D eigenvalue weighted by Crippen LogP contribution is 2.29. The Kier molecular flexibility index (Phi) is 6.54. The first-order chi connectivity index (χ1) is 14.2. The standard InChI is InChI=1S/C19H22N4O5S2/c1-14-3-6-16(7-4-14)30(26,27)22-11-9-21(10-12-22)19(29)20-17-8-5-15(23(24)25)13-18(17)28-2/h3-8,13H,9-12H2,1-2H3,(H,20,29). The summed E-state index contributed by atoms with van der Waals surface area (Å²) in [5.74, 6) is 0.298. The molecule has 1 aliphatic heterocycles. The van der Waals surface area contributed by atoms with Crippen molar-refractivity contribution in [3.63, 3.8) is 0 Å². The Morgan fingerprint density at radius 1 is 1.13 bits per heavy atom. The minimum atomic E-state index is -3.55. The molecule has 11 heteroatoms. The lowest BCUT2D eigenvalue weighted by atomic mass is 10.2. The first kappa shape index (κ1) is 21.9. The molecule has 0 aromatic heterocycles. The van der Waals surface area contributed by atoms with Crippen LogP contribution < -0.4 is 10.1 Å². The van der Waals surface area contributed by atoms with E-state index in [1.54, 1.807) is 24.3 Å². The zero-order valence-corrected chi connectivity index (χ0v) is 18.2. The van der Waals surface area contributed by atoms with Gasteiger partial charge in [0.1, 0.15) is 5.75 Å². The van der Waals surface area contributed by atoms with Crippen LogP contribution >= 0.6 is 12.2 Å². The third-order valence-electron chi connectivity index (χ3n) is 4.82. The van der Waals surface area contributed by atoms with Crippen molar-refractivity contribution in [2.24, 2.45) is 0 Å². The van der Waals surface area contributed by atoms with Gasteiger partial charge in [0.15, 0.2) is 5.11 Å². The minimum Gasteiger partial charge on any atom is -0.494 e. The molecule has 30 heavy (non-hydrogen) atoms. The number of benzene rings is 2. The number of nitro groups is 1. The highest BCUT2D eigenvalue weighted by atomic mass is 32.2. The Labute approximate surface area is 180 Å². The molecule has 0 radical (unpaired) electrons. The molecule has 2 aromatic rings. The monoisotopic (exact) mass is 450 g/mol. The Morgan fingerprint density at radius 3 is 2.33 bits per heavy atom. The van der Waals surface area contributed by atoms with E-state index < -0.39 is 14.9 Å². The van der Waals surface area contributed by atoms with E-state index in [0.717, 1.165) is 5.56 Å². The van der Waals surface area contributed by atoms with Gasteiger partial charge >= 0.3 is 0 Å². The van der Waals surface area contributed by atoms with Crippen LogP contribution in [0.1, 0.15) is 5.56 Å². The fourth-order valence-corrected chi connectivity index (χ4v) is 4.80. The number of piperazine rings is 1. The second-order valence-electron chi connectivity index (χ2n) is 6.78. The number of nitrogens with zero attached hydrogens (tertiary/aromatic N) is 3. The third-order valence-corrected chi connectivity index (χ3v) is 7.10. The summed E-state index contributed by atoms with van der Waals surface area (Å²) in [6, 6.07) is 11.0. The van der Waals surface area contributed by atoms with E-state index in [2.05, 4.69) is 5.32 Å². The van der Waals surface area contributed by atoms with Gasteiger partial charge in [-0.25, -0.2) is 8.42 Å². The van der Waals surface area contributed by atoms with E-state index in [-0.39, 0.29) is 10.6 Å². The summed E-state index contributed by atoms with van der Waals surface area (Å²) in [4.78, 5) is 12.6. The predicted octanol–water partition coefficient (Wildman–Crippen LogP) is 2.62. The summed E-state index contributed by atoms with van der Waals surface area (Å²) in [6.07, 6.45) is 0. The Bertz CT molecular complexity index is 1050. The molecule has 160 valence electrons. The second kappa shape index (κ2) is 8.94. The zero-order chi connectivity index (χ0) is 21.9. The van der Waals surface area contributed by atoms with E-state index in [0.29, 0.717) is 42.7 Å². The minimum absolute atomic E-state index is 0.0850. The van der Waals surface area contributed by atoms with Crippen molar-refractivity contribution in [2.75, 3.05) is 38.6 Å². The van der Waals surface area contributed by atoms with Crippen molar-refractivity contribution < 1.29 is 18.1 Å². The van der Waals surface area contributed by atoms with Crippen molar-refractivity contribution in [1.29, 1.82) is 0 Å². The summed E-state index contributed by atoms with van der Waals surface area (Å²) in [5.41, 5.74) is 1.41. The number of sulfonamides is 1. The van der Waals surface area contributed by atoms with Crippen LogP contribution in [0.25, 0.3) is 0 Å². The van der Waals surface area contributed by atoms with Crippen LogP contribution in [0.3, 0.4) is 0 Å². The van der Waals surface area contributed by atoms with Crippen LogP contribution in [0.4, 0.5) is 11.4 Å². The second-order valence-corrected chi connectivity index (χ2v) is 9.10. The van der Waals surface area contributed by atoms with Crippen LogP contribution in [-0.4, -0.2) is 60.9 Å². The fraction of sp³-hybridized carbons (Fsp3) is 0.316. The van der Waals surface area contributed by atoms with Crippen LogP contribution in [0.2, 0.25) is 0 Å². The van der Waals surface area contributed by atoms with Gasteiger partial charge in [-0.1, -0.05) is 17.7 Å². The number of ether oxygens (including phenoxy) is 1. The number of nitro benzene ring substituents is 1. The predicted molar refractivity (Wildman–Crippen MR) is 117 cm³/mol. The molecular formula is C19H22N4O5S2. The molecule has 1 saturated heterocycles. The number of methoxy groups -OCH3 is 1. The molecular weight excluding hydrogens is 428 g/mol. The number of nitrogens with one attached hydrogen (secondary N) is 1. The van der Waals surface area contributed by atoms with Crippen LogP contribution in [0.15, 0.2) is 47.4 Å². The molecule has 3 rings (SSSR count). The topological polar surface area (TPSA) is 105 Å². The lowest BCUT2D eigenvalue weighted by molar-refractivity contribution is -0.384. The molecule has 0 unspecified atom stereocenters. The van der Waals surface area contributed by atoms with Gasteiger partial charge in [0.05, 0.1) is 28.7 Å². The van der Waals surface area contributed by atoms with Gasteiger partial charge in [0, 0.05) is 32.2 Å². The molecule has 0 amide bonds. The van der Waals surface area contributed by atoms with Crippen LogP contribution in [0, 0.1) is 17.0 Å². The van der Waals surface area contributed by atoms with Gasteiger partial charge < -0.3 is 15.0 Å². The molecule has 0 atom stereocenters. The van der Waals surface area contributed by atoms with Gasteiger partial charge in [-0.15, -0.1) is 0 Å². The third kappa shape index (κ3) is 4.69. The SMILES string of the molecule is COc1cc([N+](=O)[O-])ccc1NC(=S)N1CCN(S(=O)(=O)c2ccc(C)cc2)CC1. The van der Waals surface area contributed by atoms with E-state index in [1.165, 1.54) is 29.6 Å². The summed E-state index contributed by atoms with van der Waals surface area (Å²) < 4.78 is 32.3. The van der Waals surface area contributed by atoms with E-state index >= 15 is 0 Å². The highest BCUT2D eigenvalue weighted by molar-refractivity contribution is 7.89. The number of aryl methyl sites for hydroxylation is 1. The van der Waals surface area contributed by atoms with E-state index in [4.69, 9.17) is 17.0 Å². The Balaban J connectivity index is 1.64. The molecule has 0 aliphatic carbocycles. The average molecular weight is 451 g/mol. The zero-order valence-electron chi connectivity index (χ0n) is 16.6. The number of rotatable bonds is 5. The summed E-state index contributed by atoms with van der Waals surface area (Å²) in [6.45, 7) is 3.35. The van der Waals surface area contributed by atoms with Crippen LogP contribution in [-0.2, 0) is 10.0 Å². The van der Waals surface area contributed by atoms with Gasteiger partial charge in [-0.2, -0.15) is 4.31 Å². The quantitative estimate of drug-likeness (QED) is 0.421. The van der Waals surface area contributed by atoms with Crippen LogP contribution in [0.5, 0.6) is 5.75 Å². The van der Waals surface area contributed by atoms with E-state index in [1.807, 2.05) is 11.8 Å².